The van der Waals surface area contributed by atoms with Crippen LogP contribution in [0.3, 0.4) is 0 Å². The molecule has 1 aromatic rings. The molecule has 1 rings (SSSR count). The zero-order chi connectivity index (χ0) is 12.7. The molecule has 2 nitrogen and oxygen atoms in total. The lowest BCUT2D eigenvalue weighted by atomic mass is 9.89. The highest BCUT2D eigenvalue weighted by Gasteiger charge is 2.28. The van der Waals surface area contributed by atoms with Crippen molar-refractivity contribution < 1.29 is 4.74 Å². The molecule has 17 heavy (non-hydrogen) atoms. The monoisotopic (exact) mass is 235 g/mol. The van der Waals surface area contributed by atoms with E-state index >= 15 is 0 Å². The van der Waals surface area contributed by atoms with Crippen LogP contribution in [0.2, 0.25) is 0 Å². The summed E-state index contributed by atoms with van der Waals surface area (Å²) in [6, 6.07) is 10.7. The van der Waals surface area contributed by atoms with Crippen LogP contribution in [-0.2, 0) is 11.2 Å². The van der Waals surface area contributed by atoms with Crippen LogP contribution >= 0.6 is 0 Å². The highest BCUT2D eigenvalue weighted by molar-refractivity contribution is 5.14. The molecule has 0 spiro atoms. The molecule has 2 heteroatoms. The molecule has 96 valence electrons. The summed E-state index contributed by atoms with van der Waals surface area (Å²) in [6.45, 7) is 4.22. The normalized spacial score (nSPS) is 16.5. The first-order valence-corrected chi connectivity index (χ1v) is 6.47. The fourth-order valence-electron chi connectivity index (χ4n) is 2.03. The number of ether oxygens (including phenoxy) is 1. The second-order valence-corrected chi connectivity index (χ2v) is 4.85. The fourth-order valence-corrected chi connectivity index (χ4v) is 2.03. The highest BCUT2D eigenvalue weighted by atomic mass is 16.5. The van der Waals surface area contributed by atoms with Crippen LogP contribution in [0, 0.1) is 0 Å². The van der Waals surface area contributed by atoms with Gasteiger partial charge in [-0.3, -0.25) is 0 Å². The van der Waals surface area contributed by atoms with Gasteiger partial charge in [-0.2, -0.15) is 0 Å². The molecule has 0 aliphatic rings. The molecular weight excluding hydrogens is 210 g/mol. The van der Waals surface area contributed by atoms with Crippen LogP contribution < -0.4 is 5.73 Å². The van der Waals surface area contributed by atoms with Crippen LogP contribution in [0.15, 0.2) is 30.3 Å². The maximum absolute atomic E-state index is 6.21. The number of benzene rings is 1. The van der Waals surface area contributed by atoms with E-state index in [2.05, 4.69) is 38.1 Å². The summed E-state index contributed by atoms with van der Waals surface area (Å²) in [5.41, 5.74) is 7.41. The average molecular weight is 235 g/mol. The number of hydrogen-bond donors (Lipinski definition) is 1. The molecule has 1 aromatic carbocycles. The van der Waals surface area contributed by atoms with Gasteiger partial charge in [0.15, 0.2) is 0 Å². The first-order valence-electron chi connectivity index (χ1n) is 6.47. The Kier molecular flexibility index (Phi) is 5.66. The summed E-state index contributed by atoms with van der Waals surface area (Å²) in [5, 5.41) is 0. The van der Waals surface area contributed by atoms with Crippen LogP contribution in [0.25, 0.3) is 0 Å². The minimum Gasteiger partial charge on any atom is -0.377 e. The van der Waals surface area contributed by atoms with Gasteiger partial charge in [-0.25, -0.2) is 0 Å². The summed E-state index contributed by atoms with van der Waals surface area (Å²) < 4.78 is 5.53. The zero-order valence-electron chi connectivity index (χ0n) is 11.3. The van der Waals surface area contributed by atoms with Gasteiger partial charge in [0.25, 0.3) is 0 Å². The van der Waals surface area contributed by atoms with Crippen LogP contribution in [0.1, 0.15) is 38.7 Å². The van der Waals surface area contributed by atoms with E-state index in [0.29, 0.717) is 0 Å². The Hall–Kier alpha value is -0.860. The van der Waals surface area contributed by atoms with E-state index in [0.717, 1.165) is 25.7 Å². The summed E-state index contributed by atoms with van der Waals surface area (Å²) in [6.07, 6.45) is 4.17. The smallest absolute Gasteiger partial charge is 0.0798 e. The molecule has 2 unspecified atom stereocenters. The molecule has 0 amide bonds. The van der Waals surface area contributed by atoms with E-state index in [4.69, 9.17) is 10.5 Å². The van der Waals surface area contributed by atoms with Gasteiger partial charge in [0.1, 0.15) is 0 Å². The third-order valence-electron chi connectivity index (χ3n) is 3.78. The van der Waals surface area contributed by atoms with Crippen LogP contribution in [0.4, 0.5) is 0 Å². The van der Waals surface area contributed by atoms with Gasteiger partial charge in [-0.1, -0.05) is 37.3 Å². The third kappa shape index (κ3) is 4.14. The number of aryl methyl sites for hydroxylation is 1. The SMILES string of the molecule is CCC(C)(OC)C(N)CCCc1ccccc1. The molecule has 2 N–H and O–H groups in total. The third-order valence-corrected chi connectivity index (χ3v) is 3.78. The van der Waals surface area contributed by atoms with Crippen molar-refractivity contribution in [3.63, 3.8) is 0 Å². The predicted octanol–water partition coefficient (Wildman–Crippen LogP) is 3.15. The van der Waals surface area contributed by atoms with Crippen molar-refractivity contribution >= 4 is 0 Å². The molecule has 2 atom stereocenters. The lowest BCUT2D eigenvalue weighted by Gasteiger charge is -2.33. The Morgan fingerprint density at radius 3 is 2.47 bits per heavy atom. The van der Waals surface area contributed by atoms with Gasteiger partial charge in [-0.05, 0) is 38.2 Å². The maximum Gasteiger partial charge on any atom is 0.0798 e. The predicted molar refractivity (Wildman–Crippen MR) is 73.1 cm³/mol. The molecule has 0 saturated heterocycles. The van der Waals surface area contributed by atoms with E-state index < -0.39 is 0 Å². The van der Waals surface area contributed by atoms with E-state index in [-0.39, 0.29) is 11.6 Å². The maximum atomic E-state index is 6.21. The van der Waals surface area contributed by atoms with Crippen molar-refractivity contribution in [2.75, 3.05) is 7.11 Å². The molecule has 0 heterocycles. The average Bonchev–Trinajstić information content (AvgIpc) is 2.39. The topological polar surface area (TPSA) is 35.2 Å². The van der Waals surface area contributed by atoms with E-state index in [1.807, 2.05) is 6.07 Å². The molecule has 0 bridgehead atoms. The van der Waals surface area contributed by atoms with Gasteiger partial charge in [-0.15, -0.1) is 0 Å². The van der Waals surface area contributed by atoms with Gasteiger partial charge in [0.2, 0.25) is 0 Å². The van der Waals surface area contributed by atoms with Crippen molar-refractivity contribution in [2.24, 2.45) is 5.73 Å². The molecule has 0 saturated carbocycles. The van der Waals surface area contributed by atoms with Gasteiger partial charge in [0, 0.05) is 13.2 Å². The second kappa shape index (κ2) is 6.77. The summed E-state index contributed by atoms with van der Waals surface area (Å²) >= 11 is 0. The molecule has 0 aliphatic carbocycles. The molecule has 0 fully saturated rings. The number of rotatable bonds is 7. The summed E-state index contributed by atoms with van der Waals surface area (Å²) in [4.78, 5) is 0. The van der Waals surface area contributed by atoms with E-state index in [1.165, 1.54) is 5.56 Å². The minimum absolute atomic E-state index is 0.112. The standard InChI is InChI=1S/C15H25NO/c1-4-15(2,17-3)14(16)12-8-11-13-9-6-5-7-10-13/h5-7,9-10,14H,4,8,11-12,16H2,1-3H3. The van der Waals surface area contributed by atoms with E-state index in [1.54, 1.807) is 7.11 Å². The number of hydrogen-bond acceptors (Lipinski definition) is 2. The molecular formula is C15H25NO. The Bertz CT molecular complexity index is 306. The molecule has 0 aromatic heterocycles. The van der Waals surface area contributed by atoms with Crippen molar-refractivity contribution in [1.82, 2.24) is 0 Å². The number of nitrogens with two attached hydrogens (primary N) is 1. The fraction of sp³-hybridized carbons (Fsp3) is 0.600. The highest BCUT2D eigenvalue weighted by Crippen LogP contribution is 2.21. The van der Waals surface area contributed by atoms with Crippen molar-refractivity contribution in [3.8, 4) is 0 Å². The second-order valence-electron chi connectivity index (χ2n) is 4.85. The van der Waals surface area contributed by atoms with Crippen LogP contribution in [0.5, 0.6) is 0 Å². The number of methoxy groups -OCH3 is 1. The lowest BCUT2D eigenvalue weighted by Crippen LogP contribution is -2.46. The Morgan fingerprint density at radius 2 is 1.94 bits per heavy atom. The van der Waals surface area contributed by atoms with Gasteiger partial charge in [0.05, 0.1) is 5.60 Å². The minimum atomic E-state index is -0.184. The Labute approximate surface area is 105 Å². The molecule has 0 aliphatic heterocycles. The lowest BCUT2D eigenvalue weighted by molar-refractivity contribution is -0.0209. The largest absolute Gasteiger partial charge is 0.377 e. The first-order chi connectivity index (χ1) is 8.12. The van der Waals surface area contributed by atoms with Gasteiger partial charge < -0.3 is 10.5 Å². The Balaban J connectivity index is 2.36. The van der Waals surface area contributed by atoms with Crippen LogP contribution in [-0.4, -0.2) is 18.8 Å². The zero-order valence-corrected chi connectivity index (χ0v) is 11.3. The van der Waals surface area contributed by atoms with Gasteiger partial charge >= 0.3 is 0 Å². The van der Waals surface area contributed by atoms with Crippen molar-refractivity contribution in [2.45, 2.75) is 51.2 Å². The Morgan fingerprint density at radius 1 is 1.29 bits per heavy atom. The summed E-state index contributed by atoms with van der Waals surface area (Å²) in [5.74, 6) is 0. The quantitative estimate of drug-likeness (QED) is 0.788. The van der Waals surface area contributed by atoms with Crippen molar-refractivity contribution in [3.05, 3.63) is 35.9 Å². The summed E-state index contributed by atoms with van der Waals surface area (Å²) in [7, 11) is 1.75. The molecule has 0 radical (unpaired) electrons. The van der Waals surface area contributed by atoms with E-state index in [9.17, 15) is 0 Å². The first kappa shape index (κ1) is 14.2. The van der Waals surface area contributed by atoms with Crippen molar-refractivity contribution in [1.29, 1.82) is 0 Å².